The third-order valence-corrected chi connectivity index (χ3v) is 5.73. The Hall–Kier alpha value is -3.05. The molecule has 0 aliphatic rings. The van der Waals surface area contributed by atoms with Gasteiger partial charge in [-0.25, -0.2) is 0 Å². The summed E-state index contributed by atoms with van der Waals surface area (Å²) in [4.78, 5) is 13.0. The second-order valence-electron chi connectivity index (χ2n) is 6.05. The maximum Gasteiger partial charge on any atom is 0.203 e. The molecule has 136 valence electrons. The van der Waals surface area contributed by atoms with E-state index in [2.05, 4.69) is 0 Å². The van der Waals surface area contributed by atoms with Gasteiger partial charge in [-0.3, -0.25) is 4.79 Å². The van der Waals surface area contributed by atoms with E-state index >= 15 is 0 Å². The lowest BCUT2D eigenvalue weighted by atomic mass is 10.0. The van der Waals surface area contributed by atoms with Crippen molar-refractivity contribution in [3.8, 4) is 28.4 Å². The van der Waals surface area contributed by atoms with Gasteiger partial charge in [0.1, 0.15) is 0 Å². The monoisotopic (exact) mass is 378 g/mol. The number of hydrogen-bond acceptors (Lipinski definition) is 5. The first-order chi connectivity index (χ1) is 13.2. The van der Waals surface area contributed by atoms with Crippen molar-refractivity contribution < 1.29 is 14.2 Å². The van der Waals surface area contributed by atoms with Crippen molar-refractivity contribution in [1.29, 1.82) is 0 Å². The maximum atomic E-state index is 13.0. The highest BCUT2D eigenvalue weighted by Crippen LogP contribution is 2.41. The quantitative estimate of drug-likeness (QED) is 0.463. The van der Waals surface area contributed by atoms with Crippen molar-refractivity contribution in [1.82, 2.24) is 0 Å². The second-order valence-corrected chi connectivity index (χ2v) is 7.14. The van der Waals surface area contributed by atoms with Crippen LogP contribution >= 0.6 is 11.3 Å². The number of rotatable bonds is 4. The molecule has 0 radical (unpaired) electrons. The predicted octanol–water partition coefficient (Wildman–Crippen LogP) is 5.11. The third-order valence-electron chi connectivity index (χ3n) is 4.57. The van der Waals surface area contributed by atoms with Crippen LogP contribution in [0.15, 0.2) is 59.4 Å². The SMILES string of the molecule is COc1cc(-c2ccc3sc4ccccc4c(=O)c3c2)cc(OC)c1OC. The number of fused-ring (bicyclic) bond motifs is 2. The minimum absolute atomic E-state index is 0.0497. The largest absolute Gasteiger partial charge is 0.493 e. The summed E-state index contributed by atoms with van der Waals surface area (Å²) in [5.74, 6) is 1.70. The molecule has 0 aliphatic carbocycles. The van der Waals surface area contributed by atoms with Crippen LogP contribution in [0.2, 0.25) is 0 Å². The average molecular weight is 378 g/mol. The molecule has 1 heterocycles. The molecule has 4 nitrogen and oxygen atoms in total. The Labute approximate surface area is 160 Å². The molecule has 0 aliphatic heterocycles. The second kappa shape index (κ2) is 6.93. The Morgan fingerprint density at radius 2 is 1.37 bits per heavy atom. The molecule has 5 heteroatoms. The molecule has 0 amide bonds. The van der Waals surface area contributed by atoms with Gasteiger partial charge >= 0.3 is 0 Å². The van der Waals surface area contributed by atoms with Crippen LogP contribution in [0.3, 0.4) is 0 Å². The summed E-state index contributed by atoms with van der Waals surface area (Å²) < 4.78 is 18.2. The van der Waals surface area contributed by atoms with Gasteiger partial charge in [0.05, 0.1) is 21.3 Å². The number of ether oxygens (including phenoxy) is 3. The molecule has 4 aromatic rings. The van der Waals surface area contributed by atoms with Gasteiger partial charge in [0.25, 0.3) is 0 Å². The minimum Gasteiger partial charge on any atom is -0.493 e. The molecule has 0 unspecified atom stereocenters. The summed E-state index contributed by atoms with van der Waals surface area (Å²) in [5.41, 5.74) is 1.86. The summed E-state index contributed by atoms with van der Waals surface area (Å²) in [6, 6.07) is 17.4. The summed E-state index contributed by atoms with van der Waals surface area (Å²) >= 11 is 1.62. The summed E-state index contributed by atoms with van der Waals surface area (Å²) in [6.07, 6.45) is 0. The van der Waals surface area contributed by atoms with Crippen LogP contribution in [0.5, 0.6) is 17.2 Å². The average Bonchev–Trinajstić information content (AvgIpc) is 2.72. The van der Waals surface area contributed by atoms with Gasteiger partial charge in [-0.15, -0.1) is 11.3 Å². The molecule has 0 spiro atoms. The van der Waals surface area contributed by atoms with Gasteiger partial charge in [0, 0.05) is 20.2 Å². The highest BCUT2D eigenvalue weighted by molar-refractivity contribution is 7.24. The van der Waals surface area contributed by atoms with Crippen LogP contribution in [0.4, 0.5) is 0 Å². The van der Waals surface area contributed by atoms with Gasteiger partial charge in [0.2, 0.25) is 5.75 Å². The smallest absolute Gasteiger partial charge is 0.203 e. The molecule has 0 saturated heterocycles. The van der Waals surface area contributed by atoms with E-state index in [0.29, 0.717) is 22.6 Å². The molecular formula is C22H18O4S. The van der Waals surface area contributed by atoms with Crippen molar-refractivity contribution in [2.45, 2.75) is 0 Å². The van der Waals surface area contributed by atoms with Crippen molar-refractivity contribution in [2.24, 2.45) is 0 Å². The molecule has 0 atom stereocenters. The first kappa shape index (κ1) is 17.4. The van der Waals surface area contributed by atoms with Crippen LogP contribution in [-0.4, -0.2) is 21.3 Å². The van der Waals surface area contributed by atoms with E-state index in [4.69, 9.17) is 14.2 Å². The maximum absolute atomic E-state index is 13.0. The predicted molar refractivity (Wildman–Crippen MR) is 111 cm³/mol. The molecule has 0 N–H and O–H groups in total. The highest BCUT2D eigenvalue weighted by atomic mass is 32.1. The Balaban J connectivity index is 1.96. The molecule has 0 bridgehead atoms. The standard InChI is InChI=1S/C22H18O4S/c1-24-17-11-14(12-18(25-2)22(17)26-3)13-8-9-20-16(10-13)21(23)15-6-4-5-7-19(15)27-20/h4-12H,1-3H3. The van der Waals surface area contributed by atoms with Gasteiger partial charge < -0.3 is 14.2 Å². The van der Waals surface area contributed by atoms with E-state index in [-0.39, 0.29) is 5.43 Å². The fraction of sp³-hybridized carbons (Fsp3) is 0.136. The van der Waals surface area contributed by atoms with E-state index in [1.165, 1.54) is 0 Å². The minimum atomic E-state index is 0.0497. The van der Waals surface area contributed by atoms with E-state index in [1.54, 1.807) is 32.7 Å². The molecule has 27 heavy (non-hydrogen) atoms. The van der Waals surface area contributed by atoms with Crippen molar-refractivity contribution in [2.75, 3.05) is 21.3 Å². The normalized spacial score (nSPS) is 10.9. The van der Waals surface area contributed by atoms with E-state index in [1.807, 2.05) is 54.6 Å². The molecule has 0 fully saturated rings. The van der Waals surface area contributed by atoms with Crippen molar-refractivity contribution >= 4 is 31.5 Å². The van der Waals surface area contributed by atoms with Gasteiger partial charge in [0.15, 0.2) is 16.9 Å². The summed E-state index contributed by atoms with van der Waals surface area (Å²) in [6.45, 7) is 0. The Morgan fingerprint density at radius 3 is 2.04 bits per heavy atom. The van der Waals surface area contributed by atoms with Crippen molar-refractivity contribution in [3.05, 3.63) is 64.8 Å². The first-order valence-corrected chi connectivity index (χ1v) is 9.24. The molecule has 3 aromatic carbocycles. The van der Waals surface area contributed by atoms with Crippen LogP contribution in [0, 0.1) is 0 Å². The highest BCUT2D eigenvalue weighted by Gasteiger charge is 2.15. The zero-order valence-corrected chi connectivity index (χ0v) is 16.1. The Bertz CT molecular complexity index is 1190. The summed E-state index contributed by atoms with van der Waals surface area (Å²) in [7, 11) is 4.75. The van der Waals surface area contributed by atoms with Gasteiger partial charge in [-0.05, 0) is 47.5 Å². The number of methoxy groups -OCH3 is 3. The first-order valence-electron chi connectivity index (χ1n) is 8.42. The molecular weight excluding hydrogens is 360 g/mol. The topological polar surface area (TPSA) is 44.8 Å². The van der Waals surface area contributed by atoms with E-state index in [9.17, 15) is 4.79 Å². The zero-order valence-electron chi connectivity index (χ0n) is 15.2. The Kier molecular flexibility index (Phi) is 4.46. The molecule has 4 rings (SSSR count). The number of hydrogen-bond donors (Lipinski definition) is 0. The van der Waals surface area contributed by atoms with Crippen LogP contribution in [0.25, 0.3) is 31.3 Å². The zero-order chi connectivity index (χ0) is 19.0. The lowest BCUT2D eigenvalue weighted by Crippen LogP contribution is -2.01. The third kappa shape index (κ3) is 2.90. The van der Waals surface area contributed by atoms with Crippen LogP contribution in [-0.2, 0) is 0 Å². The molecule has 0 saturated carbocycles. The van der Waals surface area contributed by atoms with Gasteiger partial charge in [-0.2, -0.15) is 0 Å². The van der Waals surface area contributed by atoms with E-state index in [0.717, 1.165) is 25.9 Å². The lowest BCUT2D eigenvalue weighted by Gasteiger charge is -2.14. The Morgan fingerprint density at radius 1 is 0.704 bits per heavy atom. The number of benzene rings is 3. The summed E-state index contributed by atoms with van der Waals surface area (Å²) in [5, 5.41) is 1.46. The van der Waals surface area contributed by atoms with Crippen LogP contribution < -0.4 is 19.6 Å². The fourth-order valence-corrected chi connectivity index (χ4v) is 4.28. The van der Waals surface area contributed by atoms with E-state index < -0.39 is 0 Å². The molecule has 1 aromatic heterocycles. The fourth-order valence-electron chi connectivity index (χ4n) is 3.23. The van der Waals surface area contributed by atoms with Gasteiger partial charge in [-0.1, -0.05) is 18.2 Å². The lowest BCUT2D eigenvalue weighted by molar-refractivity contribution is 0.324. The van der Waals surface area contributed by atoms with Crippen LogP contribution in [0.1, 0.15) is 0 Å². The van der Waals surface area contributed by atoms with Crippen molar-refractivity contribution in [3.63, 3.8) is 0 Å².